The maximum Gasteiger partial charge on any atom is 0.291 e. The standard InChI is InChI=1S/C15H25N2O2P/c1-13(2)17(14(3)4)20(18-10-11-19-20)16-12-15-8-6-5-7-9-15/h5-9,13-14H,10-12H2,1-4H3. The largest absolute Gasteiger partial charge is 0.310 e. The molecule has 0 aliphatic carbocycles. The first-order chi connectivity index (χ1) is 9.55. The molecule has 2 rings (SSSR count). The number of nitrogens with zero attached hydrogens (tertiary/aromatic N) is 2. The normalized spacial score (nSPS) is 18.1. The molecule has 4 nitrogen and oxygen atoms in total. The van der Waals surface area contributed by atoms with E-state index in [0.717, 1.165) is 0 Å². The molecule has 0 bridgehead atoms. The fourth-order valence-electron chi connectivity index (χ4n) is 2.57. The summed E-state index contributed by atoms with van der Waals surface area (Å²) in [5.41, 5.74) is 1.19. The van der Waals surface area contributed by atoms with E-state index in [2.05, 4.69) is 44.5 Å². The molecule has 0 atom stereocenters. The minimum Gasteiger partial charge on any atom is -0.310 e. The first-order valence-corrected chi connectivity index (χ1v) is 8.78. The second-order valence-corrected chi connectivity index (χ2v) is 7.75. The molecule has 0 unspecified atom stereocenters. The van der Waals surface area contributed by atoms with Crippen LogP contribution in [0.3, 0.4) is 0 Å². The smallest absolute Gasteiger partial charge is 0.291 e. The summed E-state index contributed by atoms with van der Waals surface area (Å²) in [5.74, 6) is 0. The number of hydrogen-bond donors (Lipinski definition) is 0. The van der Waals surface area contributed by atoms with Crippen LogP contribution in [0.4, 0.5) is 0 Å². The lowest BCUT2D eigenvalue weighted by Gasteiger charge is -2.36. The molecule has 20 heavy (non-hydrogen) atoms. The Hall–Kier alpha value is -0.670. The van der Waals surface area contributed by atoms with E-state index in [0.29, 0.717) is 31.8 Å². The van der Waals surface area contributed by atoms with Crippen LogP contribution in [0, 0.1) is 0 Å². The maximum atomic E-state index is 6.00. The molecule has 1 aromatic rings. The molecule has 0 spiro atoms. The highest BCUT2D eigenvalue weighted by Crippen LogP contribution is 2.60. The van der Waals surface area contributed by atoms with Crippen LogP contribution < -0.4 is 0 Å². The van der Waals surface area contributed by atoms with Gasteiger partial charge in [-0.25, -0.2) is 9.42 Å². The van der Waals surface area contributed by atoms with Crippen molar-refractivity contribution in [2.24, 2.45) is 4.74 Å². The van der Waals surface area contributed by atoms with E-state index in [-0.39, 0.29) is 0 Å². The highest BCUT2D eigenvalue weighted by atomic mass is 31.2. The molecule has 0 N–H and O–H groups in total. The molecule has 1 fully saturated rings. The third kappa shape index (κ3) is 3.50. The maximum absolute atomic E-state index is 6.00. The van der Waals surface area contributed by atoms with Gasteiger partial charge in [0.05, 0.1) is 19.8 Å². The zero-order chi connectivity index (χ0) is 14.6. The molecule has 0 saturated carbocycles. The fraction of sp³-hybridized carbons (Fsp3) is 0.600. The van der Waals surface area contributed by atoms with Crippen LogP contribution in [-0.2, 0) is 15.6 Å². The van der Waals surface area contributed by atoms with Crippen LogP contribution in [0.2, 0.25) is 0 Å². The van der Waals surface area contributed by atoms with E-state index in [1.54, 1.807) is 0 Å². The molecule has 112 valence electrons. The van der Waals surface area contributed by atoms with Gasteiger partial charge >= 0.3 is 0 Å². The summed E-state index contributed by atoms with van der Waals surface area (Å²) in [7, 11) is -2.28. The van der Waals surface area contributed by atoms with Crippen molar-refractivity contribution in [3.63, 3.8) is 0 Å². The van der Waals surface area contributed by atoms with Gasteiger partial charge in [0.2, 0.25) is 0 Å². The third-order valence-corrected chi connectivity index (χ3v) is 6.27. The fourth-order valence-corrected chi connectivity index (χ4v) is 5.36. The molecule has 5 heteroatoms. The summed E-state index contributed by atoms with van der Waals surface area (Å²) in [6.45, 7) is 10.6. The van der Waals surface area contributed by atoms with E-state index < -0.39 is 7.66 Å². The molecular weight excluding hydrogens is 271 g/mol. The van der Waals surface area contributed by atoms with Gasteiger partial charge in [-0.1, -0.05) is 30.3 Å². The summed E-state index contributed by atoms with van der Waals surface area (Å²) in [4.78, 5) is 0. The van der Waals surface area contributed by atoms with E-state index >= 15 is 0 Å². The summed E-state index contributed by atoms with van der Waals surface area (Å²) in [6, 6.07) is 11.0. The SMILES string of the molecule is CC(C)N(C(C)C)P1(=NCc2ccccc2)OCCO1. The lowest BCUT2D eigenvalue weighted by molar-refractivity contribution is 0.241. The monoisotopic (exact) mass is 296 g/mol. The van der Waals surface area contributed by atoms with Gasteiger partial charge in [-0.3, -0.25) is 0 Å². The zero-order valence-electron chi connectivity index (χ0n) is 12.8. The second kappa shape index (κ2) is 6.86. The summed E-state index contributed by atoms with van der Waals surface area (Å²) in [6.07, 6.45) is 0. The van der Waals surface area contributed by atoms with Crippen LogP contribution in [0.1, 0.15) is 33.3 Å². The Morgan fingerprint density at radius 2 is 1.60 bits per heavy atom. The molecule has 0 radical (unpaired) electrons. The van der Waals surface area contributed by atoms with Crippen molar-refractivity contribution in [1.82, 2.24) is 4.67 Å². The molecule has 1 heterocycles. The van der Waals surface area contributed by atoms with Crippen molar-refractivity contribution in [2.45, 2.75) is 46.3 Å². The molecule has 0 aromatic heterocycles. The predicted molar refractivity (Wildman–Crippen MR) is 83.5 cm³/mol. The predicted octanol–water partition coefficient (Wildman–Crippen LogP) is 4.30. The minimum atomic E-state index is -2.28. The average molecular weight is 296 g/mol. The molecule has 1 aromatic carbocycles. The van der Waals surface area contributed by atoms with E-state index in [1.165, 1.54) is 5.56 Å². The van der Waals surface area contributed by atoms with Crippen LogP contribution >= 0.6 is 7.66 Å². The van der Waals surface area contributed by atoms with E-state index in [9.17, 15) is 0 Å². The Labute approximate surface area is 122 Å². The summed E-state index contributed by atoms with van der Waals surface area (Å²) < 4.78 is 19.1. The van der Waals surface area contributed by atoms with Crippen molar-refractivity contribution in [3.05, 3.63) is 35.9 Å². The van der Waals surface area contributed by atoms with E-state index in [4.69, 9.17) is 13.8 Å². The number of hydrogen-bond acceptors (Lipinski definition) is 3. The molecular formula is C15H25N2O2P. The molecule has 1 saturated heterocycles. The van der Waals surface area contributed by atoms with Gasteiger partial charge in [-0.2, -0.15) is 0 Å². The first-order valence-electron chi connectivity index (χ1n) is 7.25. The van der Waals surface area contributed by atoms with Crippen molar-refractivity contribution in [3.8, 4) is 0 Å². The molecule has 0 amide bonds. The third-order valence-electron chi connectivity index (χ3n) is 3.23. The molecule has 1 aliphatic rings. The highest BCUT2D eigenvalue weighted by molar-refractivity contribution is 7.54. The highest BCUT2D eigenvalue weighted by Gasteiger charge is 2.38. The summed E-state index contributed by atoms with van der Waals surface area (Å²) in [5, 5.41) is 0. The Balaban J connectivity index is 2.29. The van der Waals surface area contributed by atoms with Gasteiger partial charge in [-0.05, 0) is 33.3 Å². The second-order valence-electron chi connectivity index (χ2n) is 5.51. The van der Waals surface area contributed by atoms with Gasteiger partial charge in [-0.15, -0.1) is 0 Å². The van der Waals surface area contributed by atoms with Gasteiger partial charge < -0.3 is 9.05 Å². The first kappa shape index (κ1) is 15.7. The summed E-state index contributed by atoms with van der Waals surface area (Å²) >= 11 is 0. The lowest BCUT2D eigenvalue weighted by atomic mass is 10.2. The quantitative estimate of drug-likeness (QED) is 0.760. The van der Waals surface area contributed by atoms with Crippen LogP contribution in [0.15, 0.2) is 35.1 Å². The molecule has 1 aliphatic heterocycles. The van der Waals surface area contributed by atoms with Crippen LogP contribution in [0.25, 0.3) is 0 Å². The van der Waals surface area contributed by atoms with Crippen LogP contribution in [0.5, 0.6) is 0 Å². The topological polar surface area (TPSA) is 34.1 Å². The number of rotatable bonds is 5. The lowest BCUT2D eigenvalue weighted by Crippen LogP contribution is -2.34. The van der Waals surface area contributed by atoms with Gasteiger partial charge in [0.1, 0.15) is 0 Å². The minimum absolute atomic E-state index is 0.348. The number of benzene rings is 1. The Morgan fingerprint density at radius 3 is 2.10 bits per heavy atom. The van der Waals surface area contributed by atoms with Crippen molar-refractivity contribution in [1.29, 1.82) is 0 Å². The van der Waals surface area contributed by atoms with Gasteiger partial charge in [0, 0.05) is 12.1 Å². The van der Waals surface area contributed by atoms with Crippen molar-refractivity contribution < 1.29 is 9.05 Å². The van der Waals surface area contributed by atoms with Gasteiger partial charge in [0.25, 0.3) is 7.66 Å². The van der Waals surface area contributed by atoms with Crippen molar-refractivity contribution >= 4 is 7.66 Å². The Kier molecular flexibility index (Phi) is 5.39. The van der Waals surface area contributed by atoms with E-state index in [1.807, 2.05) is 18.2 Å². The van der Waals surface area contributed by atoms with Crippen molar-refractivity contribution in [2.75, 3.05) is 13.2 Å². The Morgan fingerprint density at radius 1 is 1.05 bits per heavy atom. The average Bonchev–Trinajstić information content (AvgIpc) is 2.86. The van der Waals surface area contributed by atoms with Gasteiger partial charge in [0.15, 0.2) is 0 Å². The Bertz CT molecular complexity index is 456. The zero-order valence-corrected chi connectivity index (χ0v) is 13.7. The van der Waals surface area contributed by atoms with Crippen LogP contribution in [-0.4, -0.2) is 30.0 Å².